The lowest BCUT2D eigenvalue weighted by Gasteiger charge is -2.36. The summed E-state index contributed by atoms with van der Waals surface area (Å²) in [7, 11) is -1.48. The monoisotopic (exact) mass is 516 g/mol. The molecule has 4 rings (SSSR count). The fourth-order valence-electron chi connectivity index (χ4n) is 4.20. The number of sulfone groups is 1. The molecule has 0 spiro atoms. The summed E-state index contributed by atoms with van der Waals surface area (Å²) in [6.45, 7) is 4.90. The molecule has 1 aromatic heterocycles. The molecule has 12 heteroatoms. The van der Waals surface area contributed by atoms with Crippen LogP contribution in [0.5, 0.6) is 5.75 Å². The van der Waals surface area contributed by atoms with Crippen molar-refractivity contribution in [3.8, 4) is 5.75 Å². The lowest BCUT2D eigenvalue weighted by Crippen LogP contribution is -2.47. The Kier molecular flexibility index (Phi) is 7.27. The largest absolute Gasteiger partial charge is 0.495 e. The quantitative estimate of drug-likeness (QED) is 0.462. The number of nitrogens with two attached hydrogens (primary N) is 1. The van der Waals surface area contributed by atoms with Crippen molar-refractivity contribution in [1.82, 2.24) is 15.1 Å². The summed E-state index contributed by atoms with van der Waals surface area (Å²) >= 11 is 0. The maximum absolute atomic E-state index is 14.6. The van der Waals surface area contributed by atoms with Crippen LogP contribution in [-0.4, -0.2) is 81.3 Å². The zero-order valence-corrected chi connectivity index (χ0v) is 21.2. The highest BCUT2D eigenvalue weighted by Crippen LogP contribution is 2.37. The number of primary amides is 1. The third-order valence-corrected chi connectivity index (χ3v) is 7.09. The minimum absolute atomic E-state index is 0.107. The number of amides is 1. The first-order chi connectivity index (χ1) is 17.1. The van der Waals surface area contributed by atoms with E-state index in [9.17, 15) is 17.6 Å². The third kappa shape index (κ3) is 5.65. The number of nitrogens with one attached hydrogen (secondary N) is 1. The van der Waals surface area contributed by atoms with Gasteiger partial charge in [-0.05, 0) is 30.7 Å². The number of benzene rings is 2. The number of aryl methyl sites for hydroxylation is 1. The van der Waals surface area contributed by atoms with Gasteiger partial charge in [-0.2, -0.15) is 0 Å². The Labute approximate surface area is 209 Å². The van der Waals surface area contributed by atoms with Crippen LogP contribution in [0.4, 0.5) is 21.5 Å². The molecule has 0 aliphatic carbocycles. The van der Waals surface area contributed by atoms with E-state index >= 15 is 0 Å². The van der Waals surface area contributed by atoms with Gasteiger partial charge in [0.15, 0.2) is 5.69 Å². The number of hydrogen-bond donors (Lipinski definition) is 2. The molecule has 0 unspecified atom stereocenters. The molecule has 1 saturated heterocycles. The molecule has 3 N–H and O–H groups in total. The van der Waals surface area contributed by atoms with Gasteiger partial charge in [0, 0.05) is 50.4 Å². The van der Waals surface area contributed by atoms with Gasteiger partial charge in [-0.25, -0.2) is 12.8 Å². The Balaban J connectivity index is 1.71. The van der Waals surface area contributed by atoms with Crippen LogP contribution >= 0.6 is 0 Å². The lowest BCUT2D eigenvalue weighted by atomic mass is 10.1. The molecule has 192 valence electrons. The first-order valence-electron chi connectivity index (χ1n) is 11.4. The van der Waals surface area contributed by atoms with Crippen molar-refractivity contribution < 1.29 is 22.3 Å². The van der Waals surface area contributed by atoms with Gasteiger partial charge < -0.3 is 20.7 Å². The van der Waals surface area contributed by atoms with Crippen molar-refractivity contribution >= 4 is 43.7 Å². The number of fused-ring (bicyclic) bond motifs is 1. The van der Waals surface area contributed by atoms with E-state index in [1.54, 1.807) is 32.2 Å². The number of anilines is 3. The van der Waals surface area contributed by atoms with Gasteiger partial charge in [0.1, 0.15) is 21.4 Å². The highest BCUT2D eigenvalue weighted by atomic mass is 32.2. The van der Waals surface area contributed by atoms with E-state index in [1.807, 2.05) is 6.07 Å². The Morgan fingerprint density at radius 2 is 1.89 bits per heavy atom. The van der Waals surface area contributed by atoms with E-state index in [2.05, 4.69) is 25.3 Å². The molecule has 36 heavy (non-hydrogen) atoms. The van der Waals surface area contributed by atoms with E-state index in [0.29, 0.717) is 49.4 Å². The van der Waals surface area contributed by atoms with Gasteiger partial charge in [-0.1, -0.05) is 6.07 Å². The van der Waals surface area contributed by atoms with Crippen molar-refractivity contribution in [2.24, 2.45) is 5.73 Å². The molecule has 2 aromatic carbocycles. The molecule has 1 fully saturated rings. The van der Waals surface area contributed by atoms with Crippen LogP contribution < -0.4 is 20.7 Å². The van der Waals surface area contributed by atoms with Gasteiger partial charge in [0.2, 0.25) is 0 Å². The molecule has 0 radical (unpaired) electrons. The maximum Gasteiger partial charge on any atom is 0.271 e. The number of hydrogen-bond acceptors (Lipinski definition) is 9. The molecular weight excluding hydrogens is 487 g/mol. The van der Waals surface area contributed by atoms with Crippen LogP contribution in [0.2, 0.25) is 0 Å². The molecule has 1 aliphatic rings. The number of aromatic nitrogens is 2. The summed E-state index contributed by atoms with van der Waals surface area (Å²) in [5.41, 5.74) is 7.87. The molecule has 1 amide bonds. The highest BCUT2D eigenvalue weighted by Gasteiger charge is 2.24. The average molecular weight is 517 g/mol. The number of carbonyl (C=O) groups is 1. The van der Waals surface area contributed by atoms with Gasteiger partial charge in [-0.3, -0.25) is 9.69 Å². The molecule has 0 atom stereocenters. The number of rotatable bonds is 8. The molecule has 0 bridgehead atoms. The summed E-state index contributed by atoms with van der Waals surface area (Å²) in [6, 6.07) is 8.28. The van der Waals surface area contributed by atoms with Crippen LogP contribution in [0.3, 0.4) is 0 Å². The topological polar surface area (TPSA) is 131 Å². The first kappa shape index (κ1) is 25.6. The number of halogens is 1. The smallest absolute Gasteiger partial charge is 0.271 e. The Hall–Kier alpha value is -3.51. The molecule has 2 heterocycles. The van der Waals surface area contributed by atoms with Crippen molar-refractivity contribution in [1.29, 1.82) is 0 Å². The van der Waals surface area contributed by atoms with Crippen LogP contribution in [0.15, 0.2) is 30.3 Å². The number of piperazine rings is 1. The number of ether oxygens (including phenoxy) is 1. The van der Waals surface area contributed by atoms with E-state index in [1.165, 1.54) is 12.3 Å². The van der Waals surface area contributed by atoms with Crippen LogP contribution in [-0.2, 0) is 9.84 Å². The lowest BCUT2D eigenvalue weighted by molar-refractivity contribution is 0.0995. The molecule has 10 nitrogen and oxygen atoms in total. The minimum atomic E-state index is -3.03. The van der Waals surface area contributed by atoms with Crippen molar-refractivity contribution in [2.45, 2.75) is 6.92 Å². The van der Waals surface area contributed by atoms with E-state index < -0.39 is 21.6 Å². The fraction of sp³-hybridized carbons (Fsp3) is 0.375. The molecule has 1 aliphatic heterocycles. The number of methoxy groups -OCH3 is 1. The second kappa shape index (κ2) is 10.2. The van der Waals surface area contributed by atoms with Crippen molar-refractivity contribution in [2.75, 3.05) is 62.1 Å². The summed E-state index contributed by atoms with van der Waals surface area (Å²) in [6.07, 6.45) is 1.24. The van der Waals surface area contributed by atoms with Gasteiger partial charge in [0.05, 0.1) is 35.4 Å². The second-order valence-electron chi connectivity index (χ2n) is 8.90. The van der Waals surface area contributed by atoms with Crippen LogP contribution in [0, 0.1) is 12.7 Å². The number of carbonyl (C=O) groups excluding carboxylic acids is 1. The average Bonchev–Trinajstić information content (AvgIpc) is 2.83. The zero-order chi connectivity index (χ0) is 26.0. The van der Waals surface area contributed by atoms with Gasteiger partial charge in [-0.15, -0.1) is 10.2 Å². The standard InChI is InChI=1S/C24H29FN6O4S/c1-15-4-5-18(17(25)12-15)27-22-16-13-20(21(35-2)14-19(16)28-29-23(22)24(26)32)31-8-6-30(7-9-31)10-11-36(3,33)34/h4-5,12-14H,6-11H2,1-3H3,(H2,26,32)(H,27,28). The number of nitrogens with zero attached hydrogens (tertiary/aromatic N) is 4. The molecular formula is C24H29FN6O4S. The zero-order valence-electron chi connectivity index (χ0n) is 20.4. The van der Waals surface area contributed by atoms with Gasteiger partial charge in [0.25, 0.3) is 5.91 Å². The fourth-order valence-corrected chi connectivity index (χ4v) is 4.79. The van der Waals surface area contributed by atoms with Crippen LogP contribution in [0.1, 0.15) is 16.1 Å². The van der Waals surface area contributed by atoms with Crippen LogP contribution in [0.25, 0.3) is 10.9 Å². The van der Waals surface area contributed by atoms with Gasteiger partial charge >= 0.3 is 0 Å². The summed E-state index contributed by atoms with van der Waals surface area (Å²) in [4.78, 5) is 16.4. The Morgan fingerprint density at radius 3 is 2.50 bits per heavy atom. The first-order valence-corrected chi connectivity index (χ1v) is 13.5. The SMILES string of the molecule is COc1cc2nnc(C(N)=O)c(Nc3ccc(C)cc3F)c2cc1N1CCN(CCS(C)(=O)=O)CC1. The van der Waals surface area contributed by atoms with Crippen molar-refractivity contribution in [3.63, 3.8) is 0 Å². The summed E-state index contributed by atoms with van der Waals surface area (Å²) < 4.78 is 43.3. The highest BCUT2D eigenvalue weighted by molar-refractivity contribution is 7.90. The summed E-state index contributed by atoms with van der Waals surface area (Å²) in [5.74, 6) is -0.586. The predicted molar refractivity (Wildman–Crippen MR) is 137 cm³/mol. The molecule has 0 saturated carbocycles. The van der Waals surface area contributed by atoms with E-state index in [4.69, 9.17) is 10.5 Å². The molecule has 3 aromatic rings. The minimum Gasteiger partial charge on any atom is -0.495 e. The summed E-state index contributed by atoms with van der Waals surface area (Å²) in [5, 5.41) is 11.7. The maximum atomic E-state index is 14.6. The predicted octanol–water partition coefficient (Wildman–Crippen LogP) is 2.10. The second-order valence-corrected chi connectivity index (χ2v) is 11.2. The Bertz CT molecular complexity index is 1410. The Morgan fingerprint density at radius 1 is 1.17 bits per heavy atom. The van der Waals surface area contributed by atoms with Crippen molar-refractivity contribution in [3.05, 3.63) is 47.4 Å². The third-order valence-electron chi connectivity index (χ3n) is 6.17. The van der Waals surface area contributed by atoms with E-state index in [0.717, 1.165) is 11.3 Å². The van der Waals surface area contributed by atoms with E-state index in [-0.39, 0.29) is 22.8 Å². The normalized spacial score (nSPS) is 14.7.